The van der Waals surface area contributed by atoms with Crippen molar-refractivity contribution in [1.29, 1.82) is 0 Å². The summed E-state index contributed by atoms with van der Waals surface area (Å²) in [4.78, 5) is 15.3. The molecule has 2 aliphatic heterocycles. The normalized spacial score (nSPS) is 20.3. The standard InChI is InChI=1S/C24H21NO3/c26-23-21-12-6-4-10-19(21)20-11-5-7-13-22(20)24-25(23)18(16-28-24)15-27-14-17-8-2-1-3-9-17/h1-13,18,24H,14-16H2/t18-,24-/m0/s1. The molecule has 140 valence electrons. The van der Waals surface area contributed by atoms with Crippen molar-refractivity contribution in [3.63, 3.8) is 0 Å². The van der Waals surface area contributed by atoms with Crippen LogP contribution in [0.2, 0.25) is 0 Å². The molecule has 28 heavy (non-hydrogen) atoms. The molecule has 0 unspecified atom stereocenters. The number of amides is 1. The van der Waals surface area contributed by atoms with Crippen LogP contribution >= 0.6 is 0 Å². The molecule has 0 saturated carbocycles. The highest BCUT2D eigenvalue weighted by Gasteiger charge is 2.42. The zero-order valence-electron chi connectivity index (χ0n) is 15.5. The second-order valence-electron chi connectivity index (χ2n) is 7.19. The summed E-state index contributed by atoms with van der Waals surface area (Å²) in [7, 11) is 0. The quantitative estimate of drug-likeness (QED) is 0.681. The average Bonchev–Trinajstić information content (AvgIpc) is 3.13. The van der Waals surface area contributed by atoms with Gasteiger partial charge in [-0.15, -0.1) is 0 Å². The van der Waals surface area contributed by atoms with Gasteiger partial charge in [0.25, 0.3) is 5.91 Å². The first-order valence-electron chi connectivity index (χ1n) is 9.57. The minimum Gasteiger partial charge on any atom is -0.375 e. The van der Waals surface area contributed by atoms with Crippen molar-refractivity contribution in [1.82, 2.24) is 4.90 Å². The predicted molar refractivity (Wildman–Crippen MR) is 107 cm³/mol. The third-order valence-corrected chi connectivity index (χ3v) is 5.42. The van der Waals surface area contributed by atoms with Gasteiger partial charge >= 0.3 is 0 Å². The molecule has 2 aliphatic rings. The van der Waals surface area contributed by atoms with Crippen LogP contribution in [0.25, 0.3) is 11.1 Å². The van der Waals surface area contributed by atoms with Gasteiger partial charge in [-0.3, -0.25) is 4.79 Å². The van der Waals surface area contributed by atoms with E-state index in [0.29, 0.717) is 19.8 Å². The molecule has 4 heteroatoms. The summed E-state index contributed by atoms with van der Waals surface area (Å²) in [6, 6.07) is 25.9. The highest BCUT2D eigenvalue weighted by Crippen LogP contribution is 2.42. The summed E-state index contributed by atoms with van der Waals surface area (Å²) in [6.07, 6.45) is -0.374. The molecule has 1 saturated heterocycles. The van der Waals surface area contributed by atoms with Gasteiger partial charge in [-0.05, 0) is 22.8 Å². The number of fused-ring (bicyclic) bond motifs is 5. The number of ether oxygens (including phenoxy) is 2. The van der Waals surface area contributed by atoms with E-state index in [9.17, 15) is 4.79 Å². The number of benzene rings is 3. The Bertz CT molecular complexity index is 1000. The van der Waals surface area contributed by atoms with Crippen LogP contribution < -0.4 is 0 Å². The second-order valence-corrected chi connectivity index (χ2v) is 7.19. The molecule has 3 aromatic carbocycles. The Kier molecular flexibility index (Phi) is 4.43. The van der Waals surface area contributed by atoms with Gasteiger partial charge in [-0.2, -0.15) is 0 Å². The number of carbonyl (C=O) groups is 1. The summed E-state index contributed by atoms with van der Waals surface area (Å²) in [5.41, 5.74) is 4.90. The Hall–Kier alpha value is -2.95. The topological polar surface area (TPSA) is 38.8 Å². The Morgan fingerprint density at radius 3 is 2.36 bits per heavy atom. The molecule has 0 N–H and O–H groups in total. The van der Waals surface area contributed by atoms with E-state index in [1.165, 1.54) is 0 Å². The number of hydrogen-bond acceptors (Lipinski definition) is 3. The van der Waals surface area contributed by atoms with E-state index in [-0.39, 0.29) is 18.2 Å². The summed E-state index contributed by atoms with van der Waals surface area (Å²) >= 11 is 0. The zero-order chi connectivity index (χ0) is 18.9. The van der Waals surface area contributed by atoms with E-state index in [0.717, 1.165) is 27.8 Å². The SMILES string of the molecule is O=C1c2ccccc2-c2ccccc2[C@@H]2OC[C@H](COCc3ccccc3)N12. The predicted octanol–water partition coefficient (Wildman–Crippen LogP) is 4.42. The molecular weight excluding hydrogens is 350 g/mol. The molecule has 1 fully saturated rings. The minimum absolute atomic E-state index is 0.00242. The molecule has 0 bridgehead atoms. The molecule has 1 amide bonds. The summed E-state index contributed by atoms with van der Waals surface area (Å²) in [6.45, 7) is 1.44. The van der Waals surface area contributed by atoms with Crippen LogP contribution in [0, 0.1) is 0 Å². The lowest BCUT2D eigenvalue weighted by atomic mass is 9.96. The Morgan fingerprint density at radius 2 is 1.54 bits per heavy atom. The smallest absolute Gasteiger partial charge is 0.257 e. The molecule has 2 atom stereocenters. The third kappa shape index (κ3) is 2.91. The largest absolute Gasteiger partial charge is 0.375 e. The van der Waals surface area contributed by atoms with Gasteiger partial charge in [0.15, 0.2) is 6.23 Å². The van der Waals surface area contributed by atoms with E-state index in [4.69, 9.17) is 9.47 Å². The molecule has 0 radical (unpaired) electrons. The van der Waals surface area contributed by atoms with Crippen LogP contribution in [0.15, 0.2) is 78.9 Å². The number of carbonyl (C=O) groups excluding carboxylic acids is 1. The van der Waals surface area contributed by atoms with E-state index in [1.54, 1.807) is 0 Å². The van der Waals surface area contributed by atoms with E-state index >= 15 is 0 Å². The fraction of sp³-hybridized carbons (Fsp3) is 0.208. The molecule has 4 nitrogen and oxygen atoms in total. The lowest BCUT2D eigenvalue weighted by Crippen LogP contribution is -2.40. The highest BCUT2D eigenvalue weighted by molar-refractivity contribution is 6.03. The van der Waals surface area contributed by atoms with Crippen molar-refractivity contribution in [3.05, 3.63) is 95.6 Å². The van der Waals surface area contributed by atoms with Crippen molar-refractivity contribution in [2.75, 3.05) is 13.2 Å². The summed E-state index contributed by atoms with van der Waals surface area (Å²) < 4.78 is 12.0. The van der Waals surface area contributed by atoms with Crippen LogP contribution in [0.5, 0.6) is 0 Å². The van der Waals surface area contributed by atoms with E-state index < -0.39 is 0 Å². The highest BCUT2D eigenvalue weighted by atomic mass is 16.5. The maximum absolute atomic E-state index is 13.4. The maximum Gasteiger partial charge on any atom is 0.257 e. The fourth-order valence-corrected chi connectivity index (χ4v) is 4.08. The Morgan fingerprint density at radius 1 is 0.857 bits per heavy atom. The molecule has 0 aromatic heterocycles. The number of nitrogens with zero attached hydrogens (tertiary/aromatic N) is 1. The first-order valence-corrected chi connectivity index (χ1v) is 9.57. The molecule has 0 spiro atoms. The summed E-state index contributed by atoms with van der Waals surface area (Å²) in [5, 5.41) is 0. The van der Waals surface area contributed by atoms with Crippen molar-refractivity contribution >= 4 is 5.91 Å². The van der Waals surface area contributed by atoms with Crippen molar-refractivity contribution < 1.29 is 14.3 Å². The number of rotatable bonds is 4. The minimum atomic E-state index is -0.374. The van der Waals surface area contributed by atoms with Crippen LogP contribution in [-0.2, 0) is 16.1 Å². The van der Waals surface area contributed by atoms with Crippen LogP contribution in [0.1, 0.15) is 27.7 Å². The van der Waals surface area contributed by atoms with Crippen LogP contribution in [-0.4, -0.2) is 30.1 Å². The molecule has 5 rings (SSSR count). The van der Waals surface area contributed by atoms with Gasteiger partial charge in [-0.25, -0.2) is 0 Å². The molecular formula is C24H21NO3. The van der Waals surface area contributed by atoms with Crippen molar-refractivity contribution in [2.45, 2.75) is 18.9 Å². The van der Waals surface area contributed by atoms with Gasteiger partial charge in [0.2, 0.25) is 0 Å². The zero-order valence-corrected chi connectivity index (χ0v) is 15.5. The average molecular weight is 371 g/mol. The van der Waals surface area contributed by atoms with Crippen molar-refractivity contribution in [3.8, 4) is 11.1 Å². The fourth-order valence-electron chi connectivity index (χ4n) is 4.08. The van der Waals surface area contributed by atoms with Crippen molar-refractivity contribution in [2.24, 2.45) is 0 Å². The van der Waals surface area contributed by atoms with Crippen LogP contribution in [0.4, 0.5) is 0 Å². The molecule has 2 heterocycles. The first-order chi connectivity index (χ1) is 13.8. The Balaban J connectivity index is 1.44. The van der Waals surface area contributed by atoms with Gasteiger partial charge in [0.1, 0.15) is 0 Å². The Labute approximate surface area is 164 Å². The van der Waals surface area contributed by atoms with Gasteiger partial charge in [0, 0.05) is 11.1 Å². The van der Waals surface area contributed by atoms with E-state index in [1.807, 2.05) is 71.6 Å². The first kappa shape index (κ1) is 17.2. The third-order valence-electron chi connectivity index (χ3n) is 5.42. The maximum atomic E-state index is 13.4. The van der Waals surface area contributed by atoms with Crippen LogP contribution in [0.3, 0.4) is 0 Å². The molecule has 3 aromatic rings. The van der Waals surface area contributed by atoms with Gasteiger partial charge in [0.05, 0.1) is 25.9 Å². The number of hydrogen-bond donors (Lipinski definition) is 0. The lowest BCUT2D eigenvalue weighted by molar-refractivity contribution is 0.0187. The van der Waals surface area contributed by atoms with Gasteiger partial charge in [-0.1, -0.05) is 72.8 Å². The van der Waals surface area contributed by atoms with Gasteiger partial charge < -0.3 is 14.4 Å². The second kappa shape index (κ2) is 7.23. The summed E-state index contributed by atoms with van der Waals surface area (Å²) in [5.74, 6) is 0.00242. The monoisotopic (exact) mass is 371 g/mol. The van der Waals surface area contributed by atoms with E-state index in [2.05, 4.69) is 12.1 Å². The molecule has 0 aliphatic carbocycles. The lowest BCUT2D eigenvalue weighted by Gasteiger charge is -2.27.